The number of benzene rings is 3. The summed E-state index contributed by atoms with van der Waals surface area (Å²) >= 11 is 12.8. The zero-order chi connectivity index (χ0) is 23.3. The summed E-state index contributed by atoms with van der Waals surface area (Å²) in [5.74, 6) is 0.0623. The van der Waals surface area contributed by atoms with E-state index in [9.17, 15) is 10.1 Å². The molecule has 0 aliphatic rings. The number of ether oxygens (including phenoxy) is 1. The van der Waals surface area contributed by atoms with E-state index in [0.29, 0.717) is 33.5 Å². The molecule has 1 amide bonds. The van der Waals surface area contributed by atoms with Gasteiger partial charge in [-0.2, -0.15) is 5.26 Å². The molecule has 0 atom stereocenters. The number of nitriles is 1. The summed E-state index contributed by atoms with van der Waals surface area (Å²) in [7, 11) is 1.55. The number of nitrogens with one attached hydrogen (secondary N) is 1. The Morgan fingerprint density at radius 3 is 2.53 bits per heavy atom. The van der Waals surface area contributed by atoms with Crippen LogP contribution in [0.2, 0.25) is 10.0 Å². The highest BCUT2D eigenvalue weighted by atomic mass is 35.5. The first kappa shape index (κ1) is 23.4. The first-order valence-electron chi connectivity index (χ1n) is 9.93. The summed E-state index contributed by atoms with van der Waals surface area (Å²) in [6, 6.07) is 18.6. The molecule has 0 saturated carbocycles. The van der Waals surface area contributed by atoms with E-state index in [1.54, 1.807) is 25.3 Å². The highest BCUT2D eigenvalue weighted by molar-refractivity contribution is 6.32. The van der Waals surface area contributed by atoms with Crippen molar-refractivity contribution in [3.8, 4) is 11.8 Å². The van der Waals surface area contributed by atoms with E-state index in [4.69, 9.17) is 27.9 Å². The summed E-state index contributed by atoms with van der Waals surface area (Å²) < 4.78 is 5.54. The molecule has 0 unspecified atom stereocenters. The molecular weight excluding hydrogens is 443 g/mol. The third-order valence-electron chi connectivity index (χ3n) is 5.25. The monoisotopic (exact) mass is 464 g/mol. The molecule has 0 bridgehead atoms. The molecule has 32 heavy (non-hydrogen) atoms. The van der Waals surface area contributed by atoms with Crippen molar-refractivity contribution in [1.29, 1.82) is 5.26 Å². The van der Waals surface area contributed by atoms with E-state index in [-0.39, 0.29) is 5.57 Å². The standard InChI is InChI=1S/C26H22Cl2N2O2/c1-16-7-6-10-24(17(16)2)30-26(31)20(15-29)11-18-12-23(28)21(25(13-18)32-3)14-19-8-4-5-9-22(19)27/h4-13H,14H2,1-3H3,(H,30,31)/b20-11+. The molecule has 6 heteroatoms. The largest absolute Gasteiger partial charge is 0.496 e. The average Bonchev–Trinajstić information content (AvgIpc) is 2.77. The van der Waals surface area contributed by atoms with Crippen LogP contribution in [0.25, 0.3) is 6.08 Å². The van der Waals surface area contributed by atoms with Crippen LogP contribution in [0.3, 0.4) is 0 Å². The Balaban J connectivity index is 1.91. The van der Waals surface area contributed by atoms with Gasteiger partial charge in [0.1, 0.15) is 17.4 Å². The summed E-state index contributed by atoms with van der Waals surface area (Å²) in [5, 5.41) is 13.5. The molecule has 3 aromatic carbocycles. The van der Waals surface area contributed by atoms with Gasteiger partial charge in [0.05, 0.1) is 7.11 Å². The van der Waals surface area contributed by atoms with Crippen LogP contribution < -0.4 is 10.1 Å². The summed E-state index contributed by atoms with van der Waals surface area (Å²) in [4.78, 5) is 12.7. The highest BCUT2D eigenvalue weighted by Gasteiger charge is 2.15. The predicted octanol–water partition coefficient (Wildman–Crippen LogP) is 6.76. The lowest BCUT2D eigenvalue weighted by Crippen LogP contribution is -2.14. The van der Waals surface area contributed by atoms with Gasteiger partial charge in [-0.05, 0) is 66.4 Å². The Morgan fingerprint density at radius 1 is 1.09 bits per heavy atom. The van der Waals surface area contributed by atoms with Gasteiger partial charge >= 0.3 is 0 Å². The van der Waals surface area contributed by atoms with E-state index in [0.717, 1.165) is 22.3 Å². The van der Waals surface area contributed by atoms with Crippen LogP contribution in [0.5, 0.6) is 5.75 Å². The van der Waals surface area contributed by atoms with Crippen molar-refractivity contribution in [3.63, 3.8) is 0 Å². The number of aryl methyl sites for hydroxylation is 1. The lowest BCUT2D eigenvalue weighted by Gasteiger charge is -2.13. The highest BCUT2D eigenvalue weighted by Crippen LogP contribution is 2.33. The molecule has 0 saturated heterocycles. The fourth-order valence-corrected chi connectivity index (χ4v) is 3.78. The Morgan fingerprint density at radius 2 is 1.84 bits per heavy atom. The average molecular weight is 465 g/mol. The van der Waals surface area contributed by atoms with Gasteiger partial charge in [-0.15, -0.1) is 0 Å². The number of hydrogen-bond acceptors (Lipinski definition) is 3. The normalized spacial score (nSPS) is 11.1. The second-order valence-electron chi connectivity index (χ2n) is 7.32. The number of amides is 1. The molecule has 3 rings (SSSR count). The van der Waals surface area contributed by atoms with Crippen molar-refractivity contribution in [2.45, 2.75) is 20.3 Å². The minimum Gasteiger partial charge on any atom is -0.496 e. The number of carbonyl (C=O) groups is 1. The van der Waals surface area contributed by atoms with Gasteiger partial charge in [-0.1, -0.05) is 53.5 Å². The van der Waals surface area contributed by atoms with Crippen LogP contribution in [0.15, 0.2) is 60.2 Å². The number of hydrogen-bond donors (Lipinski definition) is 1. The van der Waals surface area contributed by atoms with Crippen molar-refractivity contribution in [2.24, 2.45) is 0 Å². The first-order valence-corrected chi connectivity index (χ1v) is 10.7. The maximum atomic E-state index is 12.7. The van der Waals surface area contributed by atoms with Crippen molar-refractivity contribution in [3.05, 3.63) is 98.0 Å². The molecular formula is C26H22Cl2N2O2. The topological polar surface area (TPSA) is 62.1 Å². The van der Waals surface area contributed by atoms with Crippen LogP contribution in [-0.4, -0.2) is 13.0 Å². The van der Waals surface area contributed by atoms with E-state index in [1.807, 2.05) is 56.3 Å². The molecule has 0 fully saturated rings. The second kappa shape index (κ2) is 10.4. The SMILES string of the molecule is COc1cc(/C=C(\C#N)C(=O)Nc2cccc(C)c2C)cc(Cl)c1Cc1ccccc1Cl. The maximum absolute atomic E-state index is 12.7. The molecule has 1 N–H and O–H groups in total. The molecule has 0 heterocycles. The molecule has 3 aromatic rings. The molecule has 0 radical (unpaired) electrons. The number of carbonyl (C=O) groups excluding carboxylic acids is 1. The zero-order valence-electron chi connectivity index (χ0n) is 18.0. The van der Waals surface area contributed by atoms with Crippen molar-refractivity contribution in [1.82, 2.24) is 0 Å². The van der Waals surface area contributed by atoms with Crippen molar-refractivity contribution >= 4 is 40.9 Å². The summed E-state index contributed by atoms with van der Waals surface area (Å²) in [6.45, 7) is 3.88. The third kappa shape index (κ3) is 5.31. The summed E-state index contributed by atoms with van der Waals surface area (Å²) in [6.07, 6.45) is 1.98. The minimum atomic E-state index is -0.489. The Hall–Kier alpha value is -3.26. The molecule has 0 spiro atoms. The van der Waals surface area contributed by atoms with Crippen LogP contribution >= 0.6 is 23.2 Å². The van der Waals surface area contributed by atoms with E-state index >= 15 is 0 Å². The number of rotatable bonds is 6. The molecule has 0 aliphatic carbocycles. The third-order valence-corrected chi connectivity index (χ3v) is 5.96. The Kier molecular flexibility index (Phi) is 7.58. The van der Waals surface area contributed by atoms with Gasteiger partial charge in [-0.25, -0.2) is 0 Å². The maximum Gasteiger partial charge on any atom is 0.266 e. The number of halogens is 2. The van der Waals surface area contributed by atoms with Crippen LogP contribution in [-0.2, 0) is 11.2 Å². The van der Waals surface area contributed by atoms with Gasteiger partial charge in [-0.3, -0.25) is 4.79 Å². The quantitative estimate of drug-likeness (QED) is 0.323. The Labute approximate surface area is 198 Å². The molecule has 162 valence electrons. The first-order chi connectivity index (χ1) is 15.3. The van der Waals surface area contributed by atoms with Gasteiger partial charge < -0.3 is 10.1 Å². The van der Waals surface area contributed by atoms with E-state index in [2.05, 4.69) is 5.32 Å². The zero-order valence-corrected chi connectivity index (χ0v) is 19.5. The minimum absolute atomic E-state index is 0.0390. The smallest absolute Gasteiger partial charge is 0.266 e. The van der Waals surface area contributed by atoms with Gasteiger partial charge in [0.25, 0.3) is 5.91 Å². The second-order valence-corrected chi connectivity index (χ2v) is 8.14. The summed E-state index contributed by atoms with van der Waals surface area (Å²) in [5.41, 5.74) is 4.91. The van der Waals surface area contributed by atoms with Gasteiger partial charge in [0, 0.05) is 27.7 Å². The van der Waals surface area contributed by atoms with Crippen LogP contribution in [0, 0.1) is 25.2 Å². The number of nitrogens with zero attached hydrogens (tertiary/aromatic N) is 1. The fraction of sp³-hybridized carbons (Fsp3) is 0.154. The van der Waals surface area contributed by atoms with Crippen LogP contribution in [0.1, 0.15) is 27.8 Å². The van der Waals surface area contributed by atoms with Crippen molar-refractivity contribution in [2.75, 3.05) is 12.4 Å². The molecule has 0 aromatic heterocycles. The lowest BCUT2D eigenvalue weighted by atomic mass is 10.0. The van der Waals surface area contributed by atoms with Crippen molar-refractivity contribution < 1.29 is 9.53 Å². The van der Waals surface area contributed by atoms with E-state index in [1.165, 1.54) is 6.08 Å². The number of methoxy groups -OCH3 is 1. The van der Waals surface area contributed by atoms with Gasteiger partial charge in [0.15, 0.2) is 0 Å². The van der Waals surface area contributed by atoms with E-state index < -0.39 is 5.91 Å². The fourth-order valence-electron chi connectivity index (χ4n) is 3.29. The predicted molar refractivity (Wildman–Crippen MR) is 130 cm³/mol. The molecule has 0 aliphatic heterocycles. The van der Waals surface area contributed by atoms with Crippen LogP contribution in [0.4, 0.5) is 5.69 Å². The Bertz CT molecular complexity index is 1240. The van der Waals surface area contributed by atoms with Gasteiger partial charge in [0.2, 0.25) is 0 Å². The number of anilines is 1. The lowest BCUT2D eigenvalue weighted by molar-refractivity contribution is -0.112. The molecule has 4 nitrogen and oxygen atoms in total.